The molecular formula is C22H27N3OS. The van der Waals surface area contributed by atoms with Gasteiger partial charge in [-0.25, -0.2) is 0 Å². The predicted octanol–water partition coefficient (Wildman–Crippen LogP) is 2.85. The summed E-state index contributed by atoms with van der Waals surface area (Å²) < 4.78 is 0. The lowest BCUT2D eigenvalue weighted by molar-refractivity contribution is 0.0949. The van der Waals surface area contributed by atoms with Gasteiger partial charge >= 0.3 is 0 Å². The molecule has 2 N–H and O–H groups in total. The summed E-state index contributed by atoms with van der Waals surface area (Å²) in [5.74, 6) is 2.44. The molecule has 0 saturated carbocycles. The number of fused-ring (bicyclic) bond motifs is 1. The molecule has 142 valence electrons. The molecule has 1 fully saturated rings. The van der Waals surface area contributed by atoms with Crippen molar-refractivity contribution in [3.05, 3.63) is 70.8 Å². The van der Waals surface area contributed by atoms with Crippen molar-refractivity contribution >= 4 is 17.7 Å². The van der Waals surface area contributed by atoms with Crippen LogP contribution in [0.25, 0.3) is 0 Å². The molecule has 0 bridgehead atoms. The van der Waals surface area contributed by atoms with Gasteiger partial charge in [0.25, 0.3) is 5.91 Å². The van der Waals surface area contributed by atoms with E-state index in [1.807, 2.05) is 23.9 Å². The number of carbonyl (C=O) groups excluding carboxylic acids is 1. The van der Waals surface area contributed by atoms with E-state index in [4.69, 9.17) is 0 Å². The molecule has 1 amide bonds. The number of amides is 1. The van der Waals surface area contributed by atoms with Crippen molar-refractivity contribution in [2.24, 2.45) is 0 Å². The third kappa shape index (κ3) is 4.72. The van der Waals surface area contributed by atoms with Gasteiger partial charge in [0.05, 0.1) is 0 Å². The maximum Gasteiger partial charge on any atom is 0.251 e. The van der Waals surface area contributed by atoms with Gasteiger partial charge in [0.2, 0.25) is 0 Å². The Morgan fingerprint density at radius 2 is 1.89 bits per heavy atom. The van der Waals surface area contributed by atoms with E-state index in [0.29, 0.717) is 6.54 Å². The van der Waals surface area contributed by atoms with Gasteiger partial charge in [-0.2, -0.15) is 11.8 Å². The third-order valence-corrected chi connectivity index (χ3v) is 6.35. The van der Waals surface area contributed by atoms with Gasteiger partial charge in [0.15, 0.2) is 0 Å². The fraction of sp³-hybridized carbons (Fsp3) is 0.409. The molecule has 27 heavy (non-hydrogen) atoms. The average molecular weight is 382 g/mol. The highest BCUT2D eigenvalue weighted by atomic mass is 32.2. The van der Waals surface area contributed by atoms with Crippen molar-refractivity contribution < 1.29 is 4.79 Å². The van der Waals surface area contributed by atoms with Gasteiger partial charge in [0.1, 0.15) is 0 Å². The van der Waals surface area contributed by atoms with Crippen LogP contribution in [0.5, 0.6) is 0 Å². The predicted molar refractivity (Wildman–Crippen MR) is 112 cm³/mol. The summed E-state index contributed by atoms with van der Waals surface area (Å²) in [5.41, 5.74) is 4.70. The highest BCUT2D eigenvalue weighted by Crippen LogP contribution is 2.22. The largest absolute Gasteiger partial charge is 0.350 e. The minimum atomic E-state index is 0.000720. The number of carbonyl (C=O) groups is 1. The first-order chi connectivity index (χ1) is 13.3. The standard InChI is InChI=1S/C22H27N3OS/c26-22(24-15-21-20-4-2-1-3-18(20)9-10-23-21)19-7-5-17(6-8-19)16-25-11-13-27-14-12-25/h1-8,21,23H,9-16H2,(H,24,26). The van der Waals surface area contributed by atoms with E-state index in [0.717, 1.165) is 38.2 Å². The molecule has 4 nitrogen and oxygen atoms in total. The third-order valence-electron chi connectivity index (χ3n) is 5.41. The number of nitrogens with zero attached hydrogens (tertiary/aromatic N) is 1. The molecule has 2 aromatic rings. The fourth-order valence-electron chi connectivity index (χ4n) is 3.85. The van der Waals surface area contributed by atoms with Gasteiger partial charge < -0.3 is 10.6 Å². The minimum absolute atomic E-state index is 0.000720. The molecular weight excluding hydrogens is 354 g/mol. The Morgan fingerprint density at radius 3 is 2.70 bits per heavy atom. The summed E-state index contributed by atoms with van der Waals surface area (Å²) in [4.78, 5) is 15.0. The first-order valence-electron chi connectivity index (χ1n) is 9.78. The maximum atomic E-state index is 12.5. The smallest absolute Gasteiger partial charge is 0.251 e. The average Bonchev–Trinajstić information content (AvgIpc) is 2.73. The Balaban J connectivity index is 1.32. The minimum Gasteiger partial charge on any atom is -0.350 e. The number of rotatable bonds is 5. The monoisotopic (exact) mass is 381 g/mol. The molecule has 0 radical (unpaired) electrons. The molecule has 2 aliphatic heterocycles. The second-order valence-corrected chi connectivity index (χ2v) is 8.48. The number of nitrogens with one attached hydrogen (secondary N) is 2. The Bertz CT molecular complexity index is 771. The first kappa shape index (κ1) is 18.5. The summed E-state index contributed by atoms with van der Waals surface area (Å²) in [5, 5.41) is 6.61. The number of hydrogen-bond donors (Lipinski definition) is 2. The first-order valence-corrected chi connectivity index (χ1v) is 10.9. The highest BCUT2D eigenvalue weighted by molar-refractivity contribution is 7.99. The van der Waals surface area contributed by atoms with Crippen molar-refractivity contribution in [2.75, 3.05) is 37.7 Å². The Hall–Kier alpha value is -1.82. The van der Waals surface area contributed by atoms with Crippen molar-refractivity contribution in [1.82, 2.24) is 15.5 Å². The van der Waals surface area contributed by atoms with Gasteiger partial charge in [-0.1, -0.05) is 36.4 Å². The van der Waals surface area contributed by atoms with Crippen LogP contribution in [0.15, 0.2) is 48.5 Å². The lowest BCUT2D eigenvalue weighted by Crippen LogP contribution is -2.38. The van der Waals surface area contributed by atoms with Gasteiger partial charge in [-0.3, -0.25) is 9.69 Å². The van der Waals surface area contributed by atoms with Crippen molar-refractivity contribution in [3.8, 4) is 0 Å². The van der Waals surface area contributed by atoms with Crippen LogP contribution in [0.2, 0.25) is 0 Å². The Kier molecular flexibility index (Phi) is 6.12. The normalized spacial score (nSPS) is 20.1. The van der Waals surface area contributed by atoms with Crippen LogP contribution in [0.4, 0.5) is 0 Å². The maximum absolute atomic E-state index is 12.5. The summed E-state index contributed by atoms with van der Waals surface area (Å²) in [6.45, 7) is 4.86. The van der Waals surface area contributed by atoms with Crippen molar-refractivity contribution in [2.45, 2.75) is 19.0 Å². The van der Waals surface area contributed by atoms with Crippen LogP contribution in [-0.2, 0) is 13.0 Å². The van der Waals surface area contributed by atoms with E-state index in [2.05, 4.69) is 51.9 Å². The topological polar surface area (TPSA) is 44.4 Å². The molecule has 2 aliphatic rings. The zero-order valence-corrected chi connectivity index (χ0v) is 16.4. The van der Waals surface area contributed by atoms with Crippen LogP contribution < -0.4 is 10.6 Å². The lowest BCUT2D eigenvalue weighted by Gasteiger charge is -2.27. The zero-order chi connectivity index (χ0) is 18.5. The van der Waals surface area contributed by atoms with Gasteiger partial charge in [-0.05, 0) is 41.8 Å². The van der Waals surface area contributed by atoms with Gasteiger partial charge in [-0.15, -0.1) is 0 Å². The molecule has 5 heteroatoms. The van der Waals surface area contributed by atoms with E-state index in [1.165, 1.54) is 28.2 Å². The van der Waals surface area contributed by atoms with Crippen LogP contribution in [-0.4, -0.2) is 48.5 Å². The van der Waals surface area contributed by atoms with E-state index < -0.39 is 0 Å². The van der Waals surface area contributed by atoms with Crippen molar-refractivity contribution in [3.63, 3.8) is 0 Å². The number of thioether (sulfide) groups is 1. The summed E-state index contributed by atoms with van der Waals surface area (Å²) >= 11 is 2.03. The zero-order valence-electron chi connectivity index (χ0n) is 15.6. The highest BCUT2D eigenvalue weighted by Gasteiger charge is 2.20. The molecule has 1 atom stereocenters. The molecule has 2 aromatic carbocycles. The molecule has 0 spiro atoms. The molecule has 1 unspecified atom stereocenters. The number of hydrogen-bond acceptors (Lipinski definition) is 4. The summed E-state index contributed by atoms with van der Waals surface area (Å²) in [7, 11) is 0. The van der Waals surface area contributed by atoms with Crippen LogP contribution in [0.3, 0.4) is 0 Å². The molecule has 4 rings (SSSR count). The van der Waals surface area contributed by atoms with E-state index in [9.17, 15) is 4.79 Å². The van der Waals surface area contributed by atoms with Crippen LogP contribution in [0.1, 0.15) is 33.1 Å². The summed E-state index contributed by atoms with van der Waals surface area (Å²) in [6, 6.07) is 16.8. The van der Waals surface area contributed by atoms with E-state index >= 15 is 0 Å². The van der Waals surface area contributed by atoms with E-state index in [-0.39, 0.29) is 11.9 Å². The molecule has 0 aliphatic carbocycles. The van der Waals surface area contributed by atoms with Crippen molar-refractivity contribution in [1.29, 1.82) is 0 Å². The van der Waals surface area contributed by atoms with Gasteiger partial charge in [0, 0.05) is 49.3 Å². The molecule has 2 heterocycles. The molecule has 1 saturated heterocycles. The van der Waals surface area contributed by atoms with Crippen LogP contribution >= 0.6 is 11.8 Å². The Labute approximate surface area is 165 Å². The van der Waals surface area contributed by atoms with Crippen LogP contribution in [0, 0.1) is 0 Å². The SMILES string of the molecule is O=C(NCC1NCCc2ccccc21)c1ccc(CN2CCSCC2)cc1. The Morgan fingerprint density at radius 1 is 1.11 bits per heavy atom. The summed E-state index contributed by atoms with van der Waals surface area (Å²) in [6.07, 6.45) is 1.05. The lowest BCUT2D eigenvalue weighted by atomic mass is 9.94. The second-order valence-electron chi connectivity index (χ2n) is 7.25. The number of benzene rings is 2. The fourth-order valence-corrected chi connectivity index (χ4v) is 4.83. The van der Waals surface area contributed by atoms with E-state index in [1.54, 1.807) is 0 Å². The quantitative estimate of drug-likeness (QED) is 0.836. The molecule has 0 aromatic heterocycles. The second kappa shape index (κ2) is 8.91.